The van der Waals surface area contributed by atoms with Crippen molar-refractivity contribution >= 4 is 11.7 Å². The highest BCUT2D eigenvalue weighted by atomic mass is 19.1. The Morgan fingerprint density at radius 2 is 1.96 bits per heavy atom. The minimum absolute atomic E-state index is 0.0903. The van der Waals surface area contributed by atoms with Crippen LogP contribution in [-0.2, 0) is 4.79 Å². The molecular formula is C19H29FN4O. The van der Waals surface area contributed by atoms with Gasteiger partial charge in [0.05, 0.1) is 6.54 Å². The van der Waals surface area contributed by atoms with Crippen LogP contribution in [0.3, 0.4) is 0 Å². The van der Waals surface area contributed by atoms with Crippen molar-refractivity contribution in [3.63, 3.8) is 0 Å². The molecule has 0 atom stereocenters. The Bertz CT molecular complexity index is 643. The maximum absolute atomic E-state index is 15.0. The molecule has 6 heteroatoms. The molecule has 1 aliphatic carbocycles. The molecule has 1 aromatic rings. The van der Waals surface area contributed by atoms with E-state index >= 15 is 4.39 Å². The predicted octanol–water partition coefficient (Wildman–Crippen LogP) is 3.13. The minimum atomic E-state index is -1.33. The molecule has 0 spiro atoms. The van der Waals surface area contributed by atoms with E-state index in [9.17, 15) is 4.79 Å². The molecule has 3 rings (SSSR count). The molecule has 5 nitrogen and oxygen atoms in total. The van der Waals surface area contributed by atoms with Crippen molar-refractivity contribution in [2.24, 2.45) is 5.41 Å². The van der Waals surface area contributed by atoms with Crippen molar-refractivity contribution in [2.45, 2.75) is 65.0 Å². The highest BCUT2D eigenvalue weighted by Crippen LogP contribution is 2.39. The number of piperidine rings is 1. The Labute approximate surface area is 149 Å². The van der Waals surface area contributed by atoms with Gasteiger partial charge < -0.3 is 10.2 Å². The van der Waals surface area contributed by atoms with E-state index < -0.39 is 11.1 Å². The molecule has 25 heavy (non-hydrogen) atoms. The van der Waals surface area contributed by atoms with Gasteiger partial charge in [0.25, 0.3) is 0 Å². The first-order valence-corrected chi connectivity index (χ1v) is 9.24. The lowest BCUT2D eigenvalue weighted by atomic mass is 9.91. The van der Waals surface area contributed by atoms with Crippen LogP contribution < -0.4 is 10.2 Å². The van der Waals surface area contributed by atoms with Crippen molar-refractivity contribution in [2.75, 3.05) is 24.5 Å². The van der Waals surface area contributed by atoms with E-state index in [1.807, 2.05) is 33.8 Å². The Balaban J connectivity index is 1.59. The lowest BCUT2D eigenvalue weighted by Crippen LogP contribution is -2.50. The summed E-state index contributed by atoms with van der Waals surface area (Å²) in [5, 5.41) is 2.77. The van der Waals surface area contributed by atoms with Crippen LogP contribution in [0, 0.1) is 12.3 Å². The lowest BCUT2D eigenvalue weighted by molar-refractivity contribution is -0.129. The standard InChI is InChI=1S/C19H29FN4O/c1-13-11-15(23-16(22-13)14-5-6-14)24-9-7-19(20,8-10-24)12-21-17(25)18(2,3)4/h11,14H,5-10,12H2,1-4H3,(H,21,25). The predicted molar refractivity (Wildman–Crippen MR) is 96.5 cm³/mol. The molecule has 2 heterocycles. The van der Waals surface area contributed by atoms with Gasteiger partial charge in [-0.2, -0.15) is 0 Å². The molecule has 0 unspecified atom stereocenters. The van der Waals surface area contributed by atoms with E-state index in [2.05, 4.69) is 15.2 Å². The third kappa shape index (κ3) is 4.47. The SMILES string of the molecule is Cc1cc(N2CCC(F)(CNC(=O)C(C)(C)C)CC2)nc(C2CC2)n1. The maximum atomic E-state index is 15.0. The first kappa shape index (κ1) is 18.1. The monoisotopic (exact) mass is 348 g/mol. The van der Waals surface area contributed by atoms with Gasteiger partial charge in [-0.15, -0.1) is 0 Å². The highest BCUT2D eigenvalue weighted by molar-refractivity contribution is 5.81. The largest absolute Gasteiger partial charge is 0.356 e. The van der Waals surface area contributed by atoms with Crippen LogP contribution in [-0.4, -0.2) is 41.2 Å². The normalized spacial score (nSPS) is 20.4. The topological polar surface area (TPSA) is 58.1 Å². The van der Waals surface area contributed by atoms with E-state index in [1.165, 1.54) is 12.8 Å². The number of nitrogens with zero attached hydrogens (tertiary/aromatic N) is 3. The lowest BCUT2D eigenvalue weighted by Gasteiger charge is -2.37. The number of nitrogens with one attached hydrogen (secondary N) is 1. The summed E-state index contributed by atoms with van der Waals surface area (Å²) >= 11 is 0. The number of aryl methyl sites for hydroxylation is 1. The minimum Gasteiger partial charge on any atom is -0.356 e. The van der Waals surface area contributed by atoms with Crippen LogP contribution in [0.25, 0.3) is 0 Å². The number of hydrogen-bond donors (Lipinski definition) is 1. The van der Waals surface area contributed by atoms with E-state index in [-0.39, 0.29) is 12.5 Å². The molecule has 0 radical (unpaired) electrons. The molecule has 0 aromatic carbocycles. The van der Waals surface area contributed by atoms with Crippen LogP contribution in [0.2, 0.25) is 0 Å². The first-order valence-electron chi connectivity index (χ1n) is 9.24. The third-order valence-corrected chi connectivity index (χ3v) is 5.03. The Morgan fingerprint density at radius 3 is 2.52 bits per heavy atom. The summed E-state index contributed by atoms with van der Waals surface area (Å²) in [5.74, 6) is 2.25. The molecule has 2 aliphatic rings. The zero-order valence-corrected chi connectivity index (χ0v) is 15.7. The maximum Gasteiger partial charge on any atom is 0.225 e. The number of halogens is 1. The summed E-state index contributed by atoms with van der Waals surface area (Å²) in [6.07, 6.45) is 3.15. The molecular weight excluding hydrogens is 319 g/mol. The van der Waals surface area contributed by atoms with Crippen molar-refractivity contribution < 1.29 is 9.18 Å². The number of aromatic nitrogens is 2. The van der Waals surface area contributed by atoms with Crippen LogP contribution in [0.5, 0.6) is 0 Å². The van der Waals surface area contributed by atoms with Gasteiger partial charge in [-0.3, -0.25) is 4.79 Å². The van der Waals surface area contributed by atoms with Crippen LogP contribution in [0.15, 0.2) is 6.07 Å². The number of amides is 1. The summed E-state index contributed by atoms with van der Waals surface area (Å²) in [6.45, 7) is 8.82. The second-order valence-corrected chi connectivity index (χ2v) is 8.57. The number of alkyl halides is 1. The summed E-state index contributed by atoms with van der Waals surface area (Å²) in [7, 11) is 0. The van der Waals surface area contributed by atoms with E-state index in [4.69, 9.17) is 4.98 Å². The van der Waals surface area contributed by atoms with Gasteiger partial charge in [-0.1, -0.05) is 20.8 Å². The molecule has 1 aromatic heterocycles. The Hall–Kier alpha value is -1.72. The molecule has 2 fully saturated rings. The van der Waals surface area contributed by atoms with Crippen molar-refractivity contribution in [3.05, 3.63) is 17.6 Å². The fourth-order valence-corrected chi connectivity index (χ4v) is 3.08. The Kier molecular flexibility index (Phi) is 4.73. The smallest absolute Gasteiger partial charge is 0.225 e. The number of hydrogen-bond acceptors (Lipinski definition) is 4. The Morgan fingerprint density at radius 1 is 1.32 bits per heavy atom. The molecule has 1 saturated heterocycles. The van der Waals surface area contributed by atoms with Gasteiger partial charge in [0.2, 0.25) is 5.91 Å². The molecule has 1 aliphatic heterocycles. The van der Waals surface area contributed by atoms with Crippen LogP contribution in [0.1, 0.15) is 63.9 Å². The van der Waals surface area contributed by atoms with Gasteiger partial charge in [-0.05, 0) is 19.8 Å². The number of carbonyl (C=O) groups excluding carboxylic acids is 1. The van der Waals surface area contributed by atoms with Crippen LogP contribution in [0.4, 0.5) is 10.2 Å². The third-order valence-electron chi connectivity index (χ3n) is 5.03. The second kappa shape index (κ2) is 6.54. The van der Waals surface area contributed by atoms with Gasteiger partial charge in [-0.25, -0.2) is 14.4 Å². The van der Waals surface area contributed by atoms with E-state index in [0.29, 0.717) is 31.8 Å². The fraction of sp³-hybridized carbons (Fsp3) is 0.737. The molecule has 1 saturated carbocycles. The second-order valence-electron chi connectivity index (χ2n) is 8.57. The molecule has 1 amide bonds. The van der Waals surface area contributed by atoms with Crippen LogP contribution >= 0.6 is 0 Å². The zero-order chi connectivity index (χ0) is 18.2. The first-order chi connectivity index (χ1) is 11.7. The molecule has 0 bridgehead atoms. The fourth-order valence-electron chi connectivity index (χ4n) is 3.08. The summed E-state index contributed by atoms with van der Waals surface area (Å²) < 4.78 is 15.0. The number of anilines is 1. The van der Waals surface area contributed by atoms with Crippen molar-refractivity contribution in [1.82, 2.24) is 15.3 Å². The summed E-state index contributed by atoms with van der Waals surface area (Å²) in [5.41, 5.74) is -0.852. The van der Waals surface area contributed by atoms with Crippen molar-refractivity contribution in [1.29, 1.82) is 0 Å². The quantitative estimate of drug-likeness (QED) is 0.908. The van der Waals surface area contributed by atoms with E-state index in [0.717, 1.165) is 17.3 Å². The van der Waals surface area contributed by atoms with Crippen molar-refractivity contribution in [3.8, 4) is 0 Å². The van der Waals surface area contributed by atoms with Gasteiger partial charge in [0, 0.05) is 49.0 Å². The molecule has 138 valence electrons. The molecule has 1 N–H and O–H groups in total. The average Bonchev–Trinajstić information content (AvgIpc) is 3.37. The number of rotatable bonds is 4. The number of carbonyl (C=O) groups is 1. The van der Waals surface area contributed by atoms with Gasteiger partial charge in [0.1, 0.15) is 17.3 Å². The zero-order valence-electron chi connectivity index (χ0n) is 15.7. The summed E-state index contributed by atoms with van der Waals surface area (Å²) in [4.78, 5) is 23.3. The highest BCUT2D eigenvalue weighted by Gasteiger charge is 2.36. The summed E-state index contributed by atoms with van der Waals surface area (Å²) in [6, 6.07) is 1.98. The van der Waals surface area contributed by atoms with E-state index in [1.54, 1.807) is 0 Å². The van der Waals surface area contributed by atoms with Gasteiger partial charge >= 0.3 is 0 Å². The average molecular weight is 348 g/mol. The van der Waals surface area contributed by atoms with Gasteiger partial charge in [0.15, 0.2) is 0 Å².